The van der Waals surface area contributed by atoms with Gasteiger partial charge in [0, 0.05) is 16.0 Å². The first kappa shape index (κ1) is 12.7. The van der Waals surface area contributed by atoms with E-state index in [4.69, 9.17) is 9.84 Å². The number of nitrogens with zero attached hydrogens (tertiary/aromatic N) is 2. The zero-order chi connectivity index (χ0) is 13.1. The monoisotopic (exact) mass is 356 g/mol. The van der Waals surface area contributed by atoms with Crippen LogP contribution in [-0.4, -0.2) is 21.0 Å². The minimum atomic E-state index is -1.05. The van der Waals surface area contributed by atoms with Gasteiger partial charge in [-0.25, -0.2) is 14.8 Å². The summed E-state index contributed by atoms with van der Waals surface area (Å²) in [6.07, 6.45) is 3.19. The van der Waals surface area contributed by atoms with E-state index in [0.29, 0.717) is 0 Å². The number of carbonyl (C=O) groups is 1. The second-order valence-electron chi connectivity index (χ2n) is 3.59. The Labute approximate surface area is 117 Å². The van der Waals surface area contributed by atoms with Crippen LogP contribution in [0.4, 0.5) is 0 Å². The van der Waals surface area contributed by atoms with Gasteiger partial charge in [0.05, 0.1) is 0 Å². The van der Waals surface area contributed by atoms with Crippen molar-refractivity contribution >= 4 is 28.6 Å². The van der Waals surface area contributed by atoms with Crippen molar-refractivity contribution in [3.8, 4) is 11.8 Å². The number of halogens is 1. The van der Waals surface area contributed by atoms with Gasteiger partial charge in [0.1, 0.15) is 11.3 Å². The van der Waals surface area contributed by atoms with Crippen LogP contribution < -0.4 is 4.74 Å². The van der Waals surface area contributed by atoms with Gasteiger partial charge in [-0.05, 0) is 47.2 Å². The molecule has 1 aromatic heterocycles. The van der Waals surface area contributed by atoms with E-state index in [2.05, 4.69) is 32.6 Å². The van der Waals surface area contributed by atoms with Crippen molar-refractivity contribution in [2.45, 2.75) is 6.92 Å². The Kier molecular flexibility index (Phi) is 3.75. The molecule has 0 aliphatic carbocycles. The predicted molar refractivity (Wildman–Crippen MR) is 73.0 cm³/mol. The summed E-state index contributed by atoms with van der Waals surface area (Å²) in [6.45, 7) is 1.85. The third-order valence-corrected chi connectivity index (χ3v) is 2.72. The van der Waals surface area contributed by atoms with Crippen LogP contribution in [0.5, 0.6) is 11.8 Å². The number of aryl methyl sites for hydroxylation is 1. The molecule has 0 fully saturated rings. The molecule has 0 radical (unpaired) electrons. The maximum atomic E-state index is 11.1. The Hall–Kier alpha value is -1.70. The van der Waals surface area contributed by atoms with Crippen LogP contribution in [0.1, 0.15) is 15.9 Å². The molecule has 1 aromatic carbocycles. The lowest BCUT2D eigenvalue weighted by Gasteiger charge is -2.07. The smallest absolute Gasteiger partial charge is 0.339 e. The molecule has 5 nitrogen and oxygen atoms in total. The number of aromatic carboxylic acids is 1. The molecule has 6 heteroatoms. The van der Waals surface area contributed by atoms with Gasteiger partial charge in [-0.2, -0.15) is 0 Å². The Balaban J connectivity index is 2.35. The normalized spacial score (nSPS) is 10.1. The zero-order valence-corrected chi connectivity index (χ0v) is 11.6. The summed E-state index contributed by atoms with van der Waals surface area (Å²) in [6, 6.07) is 4.98. The van der Waals surface area contributed by atoms with Gasteiger partial charge in [-0.3, -0.25) is 0 Å². The largest absolute Gasteiger partial charge is 0.478 e. The average Bonchev–Trinajstić information content (AvgIpc) is 2.32. The molecule has 0 saturated carbocycles. The highest BCUT2D eigenvalue weighted by Crippen LogP contribution is 2.24. The van der Waals surface area contributed by atoms with Crippen molar-refractivity contribution in [3.05, 3.63) is 45.3 Å². The molecular formula is C12H9IN2O3. The first-order valence-corrected chi connectivity index (χ1v) is 6.13. The molecule has 0 unspecified atom stereocenters. The number of rotatable bonds is 3. The Morgan fingerprint density at radius 2 is 2.00 bits per heavy atom. The highest BCUT2D eigenvalue weighted by molar-refractivity contribution is 14.1. The average molecular weight is 356 g/mol. The van der Waals surface area contributed by atoms with Gasteiger partial charge in [0.15, 0.2) is 0 Å². The van der Waals surface area contributed by atoms with E-state index >= 15 is 0 Å². The van der Waals surface area contributed by atoms with Crippen LogP contribution >= 0.6 is 22.6 Å². The maximum Gasteiger partial charge on any atom is 0.339 e. The summed E-state index contributed by atoms with van der Waals surface area (Å²) >= 11 is 2.08. The predicted octanol–water partition coefficient (Wildman–Crippen LogP) is 2.88. The SMILES string of the molecule is Cc1ccc(C(=O)O)c(Oc2ncc(I)cn2)c1. The lowest BCUT2D eigenvalue weighted by molar-refractivity contribution is 0.0694. The minimum absolute atomic E-state index is 0.0859. The van der Waals surface area contributed by atoms with Crippen molar-refractivity contribution < 1.29 is 14.6 Å². The van der Waals surface area contributed by atoms with Gasteiger partial charge < -0.3 is 9.84 Å². The fourth-order valence-corrected chi connectivity index (χ4v) is 1.62. The van der Waals surface area contributed by atoms with Crippen LogP contribution in [0.2, 0.25) is 0 Å². The number of carboxylic acids is 1. The molecule has 1 N–H and O–H groups in total. The van der Waals surface area contributed by atoms with Gasteiger partial charge in [0.2, 0.25) is 0 Å². The minimum Gasteiger partial charge on any atom is -0.478 e. The Morgan fingerprint density at radius 1 is 1.33 bits per heavy atom. The summed E-state index contributed by atoms with van der Waals surface area (Å²) in [5, 5.41) is 9.06. The van der Waals surface area contributed by atoms with Gasteiger partial charge in [-0.1, -0.05) is 6.07 Å². The van der Waals surface area contributed by atoms with Crippen molar-refractivity contribution in [2.24, 2.45) is 0 Å². The third-order valence-electron chi connectivity index (χ3n) is 2.17. The van der Waals surface area contributed by atoms with Crippen molar-refractivity contribution in [1.29, 1.82) is 0 Å². The summed E-state index contributed by atoms with van der Waals surface area (Å²) in [7, 11) is 0. The second kappa shape index (κ2) is 5.30. The Morgan fingerprint density at radius 3 is 2.61 bits per heavy atom. The molecular weight excluding hydrogens is 347 g/mol. The molecule has 0 atom stereocenters. The van der Waals surface area contributed by atoms with Gasteiger partial charge >= 0.3 is 12.0 Å². The molecule has 0 aliphatic rings. The highest BCUT2D eigenvalue weighted by Gasteiger charge is 2.13. The van der Waals surface area contributed by atoms with E-state index in [0.717, 1.165) is 9.13 Å². The quantitative estimate of drug-likeness (QED) is 0.857. The molecule has 1 heterocycles. The number of hydrogen-bond acceptors (Lipinski definition) is 4. The molecule has 92 valence electrons. The maximum absolute atomic E-state index is 11.1. The van der Waals surface area contributed by atoms with Gasteiger partial charge in [-0.15, -0.1) is 0 Å². The molecule has 0 aliphatic heterocycles. The standard InChI is InChI=1S/C12H9IN2O3/c1-7-2-3-9(11(16)17)10(4-7)18-12-14-5-8(13)6-15-12/h2-6H,1H3,(H,16,17). The topological polar surface area (TPSA) is 72.3 Å². The molecule has 0 saturated heterocycles. The number of ether oxygens (including phenoxy) is 1. The number of benzene rings is 1. The van der Waals surface area contributed by atoms with E-state index in [1.54, 1.807) is 24.5 Å². The van der Waals surface area contributed by atoms with Gasteiger partial charge in [0.25, 0.3) is 0 Å². The molecule has 18 heavy (non-hydrogen) atoms. The first-order valence-electron chi connectivity index (χ1n) is 5.05. The fraction of sp³-hybridized carbons (Fsp3) is 0.0833. The van der Waals surface area contributed by atoms with Crippen LogP contribution in [0.3, 0.4) is 0 Å². The van der Waals surface area contributed by atoms with Crippen molar-refractivity contribution in [1.82, 2.24) is 9.97 Å². The number of aromatic nitrogens is 2. The second-order valence-corrected chi connectivity index (χ2v) is 4.84. The summed E-state index contributed by atoms with van der Waals surface area (Å²) in [5.41, 5.74) is 0.989. The Bertz CT molecular complexity index is 584. The fourth-order valence-electron chi connectivity index (χ4n) is 1.34. The molecule has 2 aromatic rings. The van der Waals surface area contributed by atoms with E-state index in [1.807, 2.05) is 6.92 Å². The van der Waals surface area contributed by atoms with E-state index < -0.39 is 5.97 Å². The van der Waals surface area contributed by atoms with Crippen LogP contribution in [-0.2, 0) is 0 Å². The van der Waals surface area contributed by atoms with E-state index in [9.17, 15) is 4.79 Å². The van der Waals surface area contributed by atoms with Crippen LogP contribution in [0.15, 0.2) is 30.6 Å². The summed E-state index contributed by atoms with van der Waals surface area (Å²) < 4.78 is 6.28. The van der Waals surface area contributed by atoms with Crippen molar-refractivity contribution in [2.75, 3.05) is 0 Å². The lowest BCUT2D eigenvalue weighted by Crippen LogP contribution is -2.01. The molecule has 0 spiro atoms. The highest BCUT2D eigenvalue weighted by atomic mass is 127. The third kappa shape index (κ3) is 2.95. The van der Waals surface area contributed by atoms with E-state index in [1.165, 1.54) is 6.07 Å². The molecule has 0 bridgehead atoms. The zero-order valence-electron chi connectivity index (χ0n) is 9.42. The van der Waals surface area contributed by atoms with E-state index in [-0.39, 0.29) is 17.3 Å². The summed E-state index contributed by atoms with van der Waals surface area (Å²) in [5.74, 6) is -0.806. The number of carboxylic acid groups (broad SMARTS) is 1. The molecule has 0 amide bonds. The first-order chi connectivity index (χ1) is 8.56. The lowest BCUT2D eigenvalue weighted by atomic mass is 10.1. The summed E-state index contributed by atoms with van der Waals surface area (Å²) in [4.78, 5) is 19.0. The van der Waals surface area contributed by atoms with Crippen molar-refractivity contribution in [3.63, 3.8) is 0 Å². The van der Waals surface area contributed by atoms with Crippen LogP contribution in [0.25, 0.3) is 0 Å². The molecule has 2 rings (SSSR count). The van der Waals surface area contributed by atoms with Crippen LogP contribution in [0, 0.1) is 10.5 Å². The number of hydrogen-bond donors (Lipinski definition) is 1.